The molecule has 0 radical (unpaired) electrons. The first kappa shape index (κ1) is 24.7. The summed E-state index contributed by atoms with van der Waals surface area (Å²) in [5, 5.41) is 4.83. The first-order valence-electron chi connectivity index (χ1n) is 11.7. The van der Waals surface area contributed by atoms with Crippen molar-refractivity contribution in [3.8, 4) is 22.7 Å². The molecule has 0 saturated carbocycles. The minimum absolute atomic E-state index is 0.0453. The molecule has 1 atom stereocenters. The molecule has 1 aromatic heterocycles. The fourth-order valence-corrected chi connectivity index (χ4v) is 7.37. The molecule has 36 heavy (non-hydrogen) atoms. The van der Waals surface area contributed by atoms with Gasteiger partial charge in [-0.15, -0.1) is 0 Å². The van der Waals surface area contributed by atoms with Crippen LogP contribution >= 0.6 is 24.0 Å². The number of ether oxygens (including phenoxy) is 1. The molecule has 0 bridgehead atoms. The molecule has 2 saturated heterocycles. The van der Waals surface area contributed by atoms with Crippen molar-refractivity contribution < 1.29 is 17.9 Å². The minimum atomic E-state index is -3.14. The summed E-state index contributed by atoms with van der Waals surface area (Å²) in [6, 6.07) is 17.1. The average Bonchev–Trinajstić information content (AvgIpc) is 3.53. The number of benzene rings is 2. The Morgan fingerprint density at radius 3 is 2.58 bits per heavy atom. The van der Waals surface area contributed by atoms with Crippen molar-refractivity contribution >= 4 is 50.1 Å². The molecular weight excluding hydrogens is 515 g/mol. The van der Waals surface area contributed by atoms with Crippen molar-refractivity contribution in [3.05, 3.63) is 71.3 Å². The first-order valence-corrected chi connectivity index (χ1v) is 14.7. The normalized spacial score (nSPS) is 20.4. The van der Waals surface area contributed by atoms with Gasteiger partial charge in [0.05, 0.1) is 40.4 Å². The molecule has 0 spiro atoms. The van der Waals surface area contributed by atoms with Crippen LogP contribution in [0.15, 0.2) is 65.7 Å². The van der Waals surface area contributed by atoms with Gasteiger partial charge in [0.25, 0.3) is 5.91 Å². The van der Waals surface area contributed by atoms with Crippen LogP contribution in [0, 0.1) is 0 Å². The van der Waals surface area contributed by atoms with Crippen molar-refractivity contribution in [2.45, 2.75) is 25.8 Å². The molecule has 10 heteroatoms. The van der Waals surface area contributed by atoms with Crippen molar-refractivity contribution in [2.24, 2.45) is 0 Å². The van der Waals surface area contributed by atoms with E-state index >= 15 is 0 Å². The Hall–Kier alpha value is -2.95. The molecule has 1 amide bonds. The van der Waals surface area contributed by atoms with E-state index in [1.165, 1.54) is 16.7 Å². The van der Waals surface area contributed by atoms with Gasteiger partial charge in [-0.1, -0.05) is 49.1 Å². The van der Waals surface area contributed by atoms with Crippen LogP contribution in [0.1, 0.15) is 25.3 Å². The second-order valence-corrected chi connectivity index (χ2v) is 12.6. The van der Waals surface area contributed by atoms with Crippen LogP contribution in [0.5, 0.6) is 5.75 Å². The van der Waals surface area contributed by atoms with Gasteiger partial charge in [-0.2, -0.15) is 5.10 Å². The van der Waals surface area contributed by atoms with E-state index in [-0.39, 0.29) is 17.4 Å². The molecule has 5 rings (SSSR count). The minimum Gasteiger partial charge on any atom is -0.494 e. The molecule has 0 N–H and O–H groups in total. The molecule has 2 aromatic carbocycles. The molecule has 3 aromatic rings. The van der Waals surface area contributed by atoms with Crippen LogP contribution < -0.4 is 4.74 Å². The van der Waals surface area contributed by atoms with Crippen LogP contribution in [0.3, 0.4) is 0 Å². The van der Waals surface area contributed by atoms with E-state index in [0.29, 0.717) is 22.3 Å². The molecule has 0 aliphatic carbocycles. The predicted octanol–water partition coefficient (Wildman–Crippen LogP) is 4.72. The van der Waals surface area contributed by atoms with Gasteiger partial charge < -0.3 is 4.74 Å². The number of carbonyl (C=O) groups is 1. The Balaban J connectivity index is 1.50. The summed E-state index contributed by atoms with van der Waals surface area (Å²) >= 11 is 6.68. The maximum absolute atomic E-state index is 13.3. The van der Waals surface area contributed by atoms with Gasteiger partial charge in [0.2, 0.25) is 0 Å². The highest BCUT2D eigenvalue weighted by molar-refractivity contribution is 8.26. The Bertz CT molecular complexity index is 1430. The van der Waals surface area contributed by atoms with Gasteiger partial charge in [0.1, 0.15) is 10.1 Å². The van der Waals surface area contributed by atoms with Gasteiger partial charge in [0, 0.05) is 17.3 Å². The summed E-state index contributed by atoms with van der Waals surface area (Å²) in [6.07, 6.45) is 5.02. The van der Waals surface area contributed by atoms with E-state index in [0.717, 1.165) is 34.7 Å². The molecule has 186 valence electrons. The lowest BCUT2D eigenvalue weighted by Gasteiger charge is -2.20. The standard InChI is InChI=1S/C26H25N3O4S3/c1-2-13-33-22-10-8-18(9-11-22)24-19(16-28(27-24)20-6-4-3-5-7-20)15-23-25(30)29(26(34)35-23)21-12-14-36(31,32)17-21/h3-11,15-16,21H,2,12-14,17H2,1H3/b23-15+/t21-/m1/s1. The molecule has 2 aliphatic rings. The number of hydrogen-bond acceptors (Lipinski definition) is 7. The summed E-state index contributed by atoms with van der Waals surface area (Å²) in [5.74, 6) is 0.571. The quantitative estimate of drug-likeness (QED) is 0.318. The number of hydrogen-bond donors (Lipinski definition) is 0. The van der Waals surface area contributed by atoms with E-state index in [1.807, 2.05) is 60.8 Å². The Morgan fingerprint density at radius 1 is 1.17 bits per heavy atom. The fraction of sp³-hybridized carbons (Fsp3) is 0.269. The van der Waals surface area contributed by atoms with Gasteiger partial charge in [-0.05, 0) is 55.3 Å². The van der Waals surface area contributed by atoms with Gasteiger partial charge in [0.15, 0.2) is 9.84 Å². The van der Waals surface area contributed by atoms with E-state index in [4.69, 9.17) is 22.1 Å². The van der Waals surface area contributed by atoms with Crippen LogP contribution in [-0.2, 0) is 14.6 Å². The summed E-state index contributed by atoms with van der Waals surface area (Å²) in [6.45, 7) is 2.71. The lowest BCUT2D eigenvalue weighted by Crippen LogP contribution is -2.39. The third kappa shape index (κ3) is 5.11. The summed E-state index contributed by atoms with van der Waals surface area (Å²) < 4.78 is 31.9. The molecule has 2 fully saturated rings. The third-order valence-electron chi connectivity index (χ3n) is 6.05. The Kier molecular flexibility index (Phi) is 7.00. The zero-order valence-corrected chi connectivity index (χ0v) is 22.1. The second-order valence-electron chi connectivity index (χ2n) is 8.69. The highest BCUT2D eigenvalue weighted by Crippen LogP contribution is 2.38. The lowest BCUT2D eigenvalue weighted by atomic mass is 10.1. The number of thioether (sulfide) groups is 1. The zero-order chi connectivity index (χ0) is 25.3. The van der Waals surface area contributed by atoms with Gasteiger partial charge in [-0.25, -0.2) is 13.1 Å². The number of para-hydroxylation sites is 1. The molecule has 3 heterocycles. The van der Waals surface area contributed by atoms with E-state index < -0.39 is 15.9 Å². The van der Waals surface area contributed by atoms with Crippen molar-refractivity contribution in [3.63, 3.8) is 0 Å². The van der Waals surface area contributed by atoms with Crippen molar-refractivity contribution in [1.29, 1.82) is 0 Å². The summed E-state index contributed by atoms with van der Waals surface area (Å²) in [5.41, 5.74) is 3.26. The number of thiocarbonyl (C=S) groups is 1. The number of carbonyl (C=O) groups excluding carboxylic acids is 1. The molecule has 2 aliphatic heterocycles. The topological polar surface area (TPSA) is 81.5 Å². The van der Waals surface area contributed by atoms with Crippen molar-refractivity contribution in [2.75, 3.05) is 18.1 Å². The first-order chi connectivity index (χ1) is 17.3. The second kappa shape index (κ2) is 10.2. The van der Waals surface area contributed by atoms with Crippen LogP contribution in [0.2, 0.25) is 0 Å². The number of aromatic nitrogens is 2. The lowest BCUT2D eigenvalue weighted by molar-refractivity contribution is -0.123. The number of amides is 1. The monoisotopic (exact) mass is 539 g/mol. The van der Waals surface area contributed by atoms with E-state index in [1.54, 1.807) is 10.8 Å². The van der Waals surface area contributed by atoms with Crippen LogP contribution in [-0.4, -0.2) is 57.5 Å². The third-order valence-corrected chi connectivity index (χ3v) is 9.13. The Morgan fingerprint density at radius 2 is 1.92 bits per heavy atom. The molecule has 7 nitrogen and oxygen atoms in total. The number of rotatable bonds is 7. The van der Waals surface area contributed by atoms with Gasteiger partial charge in [-0.3, -0.25) is 9.69 Å². The number of nitrogens with zero attached hydrogens (tertiary/aromatic N) is 3. The highest BCUT2D eigenvalue weighted by atomic mass is 32.2. The fourth-order valence-electron chi connectivity index (χ4n) is 4.27. The largest absolute Gasteiger partial charge is 0.494 e. The van der Waals surface area contributed by atoms with Crippen molar-refractivity contribution in [1.82, 2.24) is 14.7 Å². The highest BCUT2D eigenvalue weighted by Gasteiger charge is 2.42. The van der Waals surface area contributed by atoms with E-state index in [2.05, 4.69) is 6.92 Å². The van der Waals surface area contributed by atoms with E-state index in [9.17, 15) is 13.2 Å². The van der Waals surface area contributed by atoms with Gasteiger partial charge >= 0.3 is 0 Å². The van der Waals surface area contributed by atoms with Crippen LogP contribution in [0.25, 0.3) is 23.0 Å². The smallest absolute Gasteiger partial charge is 0.266 e. The summed E-state index contributed by atoms with van der Waals surface area (Å²) in [4.78, 5) is 15.2. The SMILES string of the molecule is CCCOc1ccc(-c2nn(-c3ccccc3)cc2/C=C2/SC(=S)N([C@@H]3CCS(=O)(=O)C3)C2=O)cc1. The molecular formula is C26H25N3O4S3. The number of sulfone groups is 1. The average molecular weight is 540 g/mol. The van der Waals surface area contributed by atoms with Crippen LogP contribution in [0.4, 0.5) is 0 Å². The molecule has 0 unspecified atom stereocenters. The maximum atomic E-state index is 13.3. The predicted molar refractivity (Wildman–Crippen MR) is 147 cm³/mol. The maximum Gasteiger partial charge on any atom is 0.266 e. The summed E-state index contributed by atoms with van der Waals surface area (Å²) in [7, 11) is -3.14. The Labute approximate surface area is 220 Å². The zero-order valence-electron chi connectivity index (χ0n) is 19.7.